The van der Waals surface area contributed by atoms with Gasteiger partial charge in [0.25, 0.3) is 0 Å². The molecule has 1 saturated heterocycles. The van der Waals surface area contributed by atoms with Crippen molar-refractivity contribution in [2.45, 2.75) is 39.3 Å². The molecule has 1 rings (SSSR count). The van der Waals surface area contributed by atoms with E-state index >= 15 is 0 Å². The number of hydrogen-bond donors (Lipinski definition) is 2. The lowest BCUT2D eigenvalue weighted by Gasteiger charge is -2.30. The molecule has 1 amide bonds. The molecule has 19 heavy (non-hydrogen) atoms. The molecule has 110 valence electrons. The molecule has 1 fully saturated rings. The molecule has 0 saturated carbocycles. The standard InChI is InChI=1S/C13H24N2O4/c1-4-15(12(16)5-10(14)8(2)3)11-7-19-6-9(11)13(17)18/h8-11H,4-7,14H2,1-3H3,(H,17,18). The van der Waals surface area contributed by atoms with E-state index in [-0.39, 0.29) is 43.5 Å². The number of carboxylic acid groups (broad SMARTS) is 1. The summed E-state index contributed by atoms with van der Waals surface area (Å²) in [6.07, 6.45) is 0.244. The molecule has 0 aromatic rings. The Morgan fingerprint density at radius 3 is 2.53 bits per heavy atom. The first-order valence-corrected chi connectivity index (χ1v) is 6.74. The number of likely N-dealkylation sites (N-methyl/N-ethyl adjacent to an activating group) is 1. The second-order valence-electron chi connectivity index (χ2n) is 5.34. The fourth-order valence-electron chi connectivity index (χ4n) is 2.24. The maximum absolute atomic E-state index is 12.2. The predicted molar refractivity (Wildman–Crippen MR) is 70.6 cm³/mol. The molecule has 6 heteroatoms. The van der Waals surface area contributed by atoms with Crippen molar-refractivity contribution in [3.05, 3.63) is 0 Å². The summed E-state index contributed by atoms with van der Waals surface area (Å²) < 4.78 is 5.21. The van der Waals surface area contributed by atoms with Gasteiger partial charge in [-0.25, -0.2) is 0 Å². The number of aliphatic carboxylic acids is 1. The van der Waals surface area contributed by atoms with E-state index in [0.717, 1.165) is 0 Å². The third-order valence-corrected chi connectivity index (χ3v) is 3.70. The van der Waals surface area contributed by atoms with E-state index in [4.69, 9.17) is 15.6 Å². The Labute approximate surface area is 113 Å². The van der Waals surface area contributed by atoms with Crippen LogP contribution < -0.4 is 5.73 Å². The molecule has 1 heterocycles. The summed E-state index contributed by atoms with van der Waals surface area (Å²) in [5, 5.41) is 9.14. The van der Waals surface area contributed by atoms with Crippen LogP contribution in [0.15, 0.2) is 0 Å². The number of nitrogens with zero attached hydrogens (tertiary/aromatic N) is 1. The van der Waals surface area contributed by atoms with Crippen molar-refractivity contribution in [3.8, 4) is 0 Å². The zero-order chi connectivity index (χ0) is 14.6. The number of ether oxygens (including phenoxy) is 1. The second kappa shape index (κ2) is 6.86. The highest BCUT2D eigenvalue weighted by Gasteiger charge is 2.39. The smallest absolute Gasteiger partial charge is 0.311 e. The molecule has 1 aliphatic rings. The van der Waals surface area contributed by atoms with Crippen LogP contribution in [0.5, 0.6) is 0 Å². The third kappa shape index (κ3) is 3.91. The van der Waals surface area contributed by atoms with E-state index < -0.39 is 11.9 Å². The largest absolute Gasteiger partial charge is 0.481 e. The molecular weight excluding hydrogens is 248 g/mol. The maximum Gasteiger partial charge on any atom is 0.311 e. The Balaban J connectivity index is 2.71. The van der Waals surface area contributed by atoms with Crippen LogP contribution >= 0.6 is 0 Å². The number of hydrogen-bond acceptors (Lipinski definition) is 4. The number of carbonyl (C=O) groups excluding carboxylic acids is 1. The third-order valence-electron chi connectivity index (χ3n) is 3.70. The van der Waals surface area contributed by atoms with Crippen LogP contribution in [0.1, 0.15) is 27.2 Å². The average molecular weight is 272 g/mol. The number of rotatable bonds is 6. The van der Waals surface area contributed by atoms with Crippen LogP contribution in [-0.2, 0) is 14.3 Å². The van der Waals surface area contributed by atoms with Crippen LogP contribution in [0.4, 0.5) is 0 Å². The number of carboxylic acids is 1. The van der Waals surface area contributed by atoms with Crippen molar-refractivity contribution in [3.63, 3.8) is 0 Å². The molecule has 3 unspecified atom stereocenters. The van der Waals surface area contributed by atoms with Gasteiger partial charge in [0.15, 0.2) is 0 Å². The van der Waals surface area contributed by atoms with Gasteiger partial charge in [-0.1, -0.05) is 13.8 Å². The first-order valence-electron chi connectivity index (χ1n) is 6.74. The van der Waals surface area contributed by atoms with Crippen molar-refractivity contribution in [1.29, 1.82) is 0 Å². The molecular formula is C13H24N2O4. The molecule has 6 nitrogen and oxygen atoms in total. The van der Waals surface area contributed by atoms with Crippen LogP contribution in [0.2, 0.25) is 0 Å². The summed E-state index contributed by atoms with van der Waals surface area (Å²) in [5.74, 6) is -1.43. The van der Waals surface area contributed by atoms with Gasteiger partial charge < -0.3 is 20.5 Å². The summed E-state index contributed by atoms with van der Waals surface area (Å²) in [6, 6.07) is -0.582. The zero-order valence-electron chi connectivity index (χ0n) is 11.8. The van der Waals surface area contributed by atoms with Crippen molar-refractivity contribution in [2.24, 2.45) is 17.6 Å². The number of nitrogens with two attached hydrogens (primary N) is 1. The molecule has 3 N–H and O–H groups in total. The topological polar surface area (TPSA) is 92.9 Å². The quantitative estimate of drug-likeness (QED) is 0.726. The minimum atomic E-state index is -0.915. The van der Waals surface area contributed by atoms with Crippen LogP contribution in [0.3, 0.4) is 0 Å². The van der Waals surface area contributed by atoms with E-state index in [1.807, 2.05) is 20.8 Å². The van der Waals surface area contributed by atoms with Gasteiger partial charge in [-0.05, 0) is 12.8 Å². The molecule has 1 aliphatic heterocycles. The lowest BCUT2D eigenvalue weighted by Crippen LogP contribution is -2.48. The fraction of sp³-hybridized carbons (Fsp3) is 0.846. The summed E-state index contributed by atoms with van der Waals surface area (Å²) in [4.78, 5) is 25.0. The minimum Gasteiger partial charge on any atom is -0.481 e. The lowest BCUT2D eigenvalue weighted by atomic mass is 9.98. The summed E-state index contributed by atoms with van der Waals surface area (Å²) in [7, 11) is 0. The molecule has 3 atom stereocenters. The minimum absolute atomic E-state index is 0.0922. The van der Waals surface area contributed by atoms with Gasteiger partial charge in [0, 0.05) is 19.0 Å². The Kier molecular flexibility index (Phi) is 5.75. The molecule has 0 aromatic heterocycles. The van der Waals surface area contributed by atoms with Crippen molar-refractivity contribution < 1.29 is 19.4 Å². The Hall–Kier alpha value is -1.14. The van der Waals surface area contributed by atoms with Crippen molar-refractivity contribution in [2.75, 3.05) is 19.8 Å². The van der Waals surface area contributed by atoms with E-state index in [1.54, 1.807) is 4.90 Å². The maximum atomic E-state index is 12.2. The fourth-order valence-corrected chi connectivity index (χ4v) is 2.24. The average Bonchev–Trinajstić information content (AvgIpc) is 2.78. The molecule has 0 aliphatic carbocycles. The van der Waals surface area contributed by atoms with Crippen LogP contribution in [0, 0.1) is 11.8 Å². The predicted octanol–water partition coefficient (Wildman–Crippen LogP) is 0.308. The molecule has 0 aromatic carbocycles. The van der Waals surface area contributed by atoms with Gasteiger partial charge in [-0.3, -0.25) is 9.59 Å². The van der Waals surface area contributed by atoms with Gasteiger partial charge in [-0.15, -0.1) is 0 Å². The Morgan fingerprint density at radius 2 is 2.05 bits per heavy atom. The van der Waals surface area contributed by atoms with Gasteiger partial charge >= 0.3 is 5.97 Å². The van der Waals surface area contributed by atoms with Crippen LogP contribution in [0.25, 0.3) is 0 Å². The van der Waals surface area contributed by atoms with E-state index in [9.17, 15) is 9.59 Å². The summed E-state index contributed by atoms with van der Waals surface area (Å²) >= 11 is 0. The van der Waals surface area contributed by atoms with E-state index in [0.29, 0.717) is 6.54 Å². The normalized spacial score (nSPS) is 24.5. The summed E-state index contributed by atoms with van der Waals surface area (Å²) in [5.41, 5.74) is 5.91. The lowest BCUT2D eigenvalue weighted by molar-refractivity contribution is -0.145. The first kappa shape index (κ1) is 15.9. The first-order chi connectivity index (χ1) is 8.88. The number of carbonyl (C=O) groups is 2. The molecule has 0 bridgehead atoms. The van der Waals surface area contributed by atoms with Crippen molar-refractivity contribution in [1.82, 2.24) is 4.90 Å². The molecule has 0 spiro atoms. The van der Waals surface area contributed by atoms with E-state index in [1.165, 1.54) is 0 Å². The Bertz CT molecular complexity index is 333. The zero-order valence-corrected chi connectivity index (χ0v) is 11.8. The molecule has 0 radical (unpaired) electrons. The number of amides is 1. The highest BCUT2D eigenvalue weighted by molar-refractivity contribution is 5.79. The van der Waals surface area contributed by atoms with Crippen LogP contribution in [-0.4, -0.2) is 53.7 Å². The monoisotopic (exact) mass is 272 g/mol. The Morgan fingerprint density at radius 1 is 1.42 bits per heavy atom. The second-order valence-corrected chi connectivity index (χ2v) is 5.34. The van der Waals surface area contributed by atoms with E-state index in [2.05, 4.69) is 0 Å². The van der Waals surface area contributed by atoms with Crippen molar-refractivity contribution >= 4 is 11.9 Å². The van der Waals surface area contributed by atoms with Gasteiger partial charge in [0.1, 0.15) is 5.92 Å². The summed E-state index contributed by atoms with van der Waals surface area (Å²) in [6.45, 7) is 6.70. The highest BCUT2D eigenvalue weighted by atomic mass is 16.5. The van der Waals surface area contributed by atoms with Gasteiger partial charge in [0.05, 0.1) is 19.3 Å². The SMILES string of the molecule is CCN(C(=O)CC(N)C(C)C)C1COCC1C(=O)O. The van der Waals surface area contributed by atoms with Gasteiger partial charge in [-0.2, -0.15) is 0 Å². The highest BCUT2D eigenvalue weighted by Crippen LogP contribution is 2.21. The van der Waals surface area contributed by atoms with Gasteiger partial charge in [0.2, 0.25) is 5.91 Å².